The van der Waals surface area contributed by atoms with Crippen molar-refractivity contribution in [3.8, 4) is 0 Å². The number of nitrogens with one attached hydrogen (secondary N) is 1. The fraction of sp³-hybridized carbons (Fsp3) is 0.364. The smallest absolute Gasteiger partial charge is 0.382 e. The molecule has 1 rings (SSSR count). The minimum absolute atomic E-state index is 0.0373. The molecule has 0 bridgehead atoms. The van der Waals surface area contributed by atoms with Crippen LogP contribution in [-0.2, 0) is 15.8 Å². The summed E-state index contributed by atoms with van der Waals surface area (Å²) >= 11 is 0. The Bertz CT molecular complexity index is 448. The van der Waals surface area contributed by atoms with Gasteiger partial charge in [0.25, 0.3) is 5.91 Å². The Morgan fingerprint density at radius 1 is 1.32 bits per heavy atom. The highest BCUT2D eigenvalue weighted by Gasteiger charge is 2.34. The number of carbonyl (C=O) groups is 1. The number of amides is 1. The lowest BCUT2D eigenvalue weighted by molar-refractivity contribution is -0.140. The molecule has 0 aliphatic heterocycles. The lowest BCUT2D eigenvalue weighted by Crippen LogP contribution is -2.26. The van der Waals surface area contributed by atoms with Crippen LogP contribution in [0.3, 0.4) is 0 Å². The van der Waals surface area contributed by atoms with Gasteiger partial charge in [-0.05, 0) is 18.2 Å². The van der Waals surface area contributed by atoms with Crippen LogP contribution in [0.4, 0.5) is 17.6 Å². The molecule has 1 N–H and O–H groups in total. The molecule has 1 aromatic rings. The second-order valence-corrected chi connectivity index (χ2v) is 3.46. The van der Waals surface area contributed by atoms with Gasteiger partial charge in [-0.15, -0.1) is 0 Å². The van der Waals surface area contributed by atoms with Crippen LogP contribution in [0.1, 0.15) is 15.9 Å². The van der Waals surface area contributed by atoms with E-state index in [9.17, 15) is 22.4 Å². The summed E-state index contributed by atoms with van der Waals surface area (Å²) in [5, 5.41) is 0. The van der Waals surface area contributed by atoms with E-state index >= 15 is 0 Å². The van der Waals surface area contributed by atoms with E-state index in [1.54, 1.807) is 0 Å². The standard InChI is InChI=1S/C11H11F4NO3/c1-18-4-5-19-16-10(17)7-2-3-9(12)8(6-7)11(13,14)15/h2-3,6H,4-5H2,1H3,(H,16,17). The maximum absolute atomic E-state index is 13.0. The molecule has 1 amide bonds. The van der Waals surface area contributed by atoms with E-state index in [0.29, 0.717) is 12.1 Å². The molecule has 0 spiro atoms. The van der Waals surface area contributed by atoms with Gasteiger partial charge in [-0.1, -0.05) is 0 Å². The zero-order valence-corrected chi connectivity index (χ0v) is 9.88. The molecule has 0 fully saturated rings. The van der Waals surface area contributed by atoms with Crippen LogP contribution >= 0.6 is 0 Å². The highest BCUT2D eigenvalue weighted by molar-refractivity contribution is 5.93. The van der Waals surface area contributed by atoms with Crippen molar-refractivity contribution >= 4 is 5.91 Å². The highest BCUT2D eigenvalue weighted by Crippen LogP contribution is 2.31. The molecule has 4 nitrogen and oxygen atoms in total. The van der Waals surface area contributed by atoms with Crippen LogP contribution in [-0.4, -0.2) is 26.2 Å². The summed E-state index contributed by atoms with van der Waals surface area (Å²) in [5.41, 5.74) is 0.0650. The molecule has 0 saturated carbocycles. The summed E-state index contributed by atoms with van der Waals surface area (Å²) < 4.78 is 54.9. The molecule has 0 aromatic heterocycles. The number of hydrogen-bond donors (Lipinski definition) is 1. The number of benzene rings is 1. The fourth-order valence-electron chi connectivity index (χ4n) is 1.18. The first-order valence-electron chi connectivity index (χ1n) is 5.14. The topological polar surface area (TPSA) is 47.6 Å². The van der Waals surface area contributed by atoms with Gasteiger partial charge < -0.3 is 4.74 Å². The second-order valence-electron chi connectivity index (χ2n) is 3.46. The lowest BCUT2D eigenvalue weighted by atomic mass is 10.1. The van der Waals surface area contributed by atoms with Crippen LogP contribution in [0.2, 0.25) is 0 Å². The van der Waals surface area contributed by atoms with Gasteiger partial charge in [-0.25, -0.2) is 9.87 Å². The Balaban J connectivity index is 2.76. The average molecular weight is 281 g/mol. The quantitative estimate of drug-likeness (QED) is 0.511. The molecule has 106 valence electrons. The first kappa shape index (κ1) is 15.4. The van der Waals surface area contributed by atoms with E-state index in [0.717, 1.165) is 6.07 Å². The number of hydrogen-bond acceptors (Lipinski definition) is 3. The Hall–Kier alpha value is -1.67. The third-order valence-electron chi connectivity index (χ3n) is 2.09. The van der Waals surface area contributed by atoms with Crippen LogP contribution < -0.4 is 5.48 Å². The molecule has 0 radical (unpaired) electrons. The normalized spacial score (nSPS) is 11.4. The summed E-state index contributed by atoms with van der Waals surface area (Å²) in [6.45, 7) is 0.243. The molecule has 0 atom stereocenters. The van der Waals surface area contributed by atoms with E-state index in [2.05, 4.69) is 9.57 Å². The predicted octanol–water partition coefficient (Wildman–Crippen LogP) is 2.15. The van der Waals surface area contributed by atoms with Crippen LogP contribution in [0.15, 0.2) is 18.2 Å². The van der Waals surface area contributed by atoms with Crippen molar-refractivity contribution in [3.05, 3.63) is 35.1 Å². The van der Waals surface area contributed by atoms with Gasteiger partial charge in [0.15, 0.2) is 0 Å². The summed E-state index contributed by atoms with van der Waals surface area (Å²) in [6.07, 6.45) is -4.86. The summed E-state index contributed by atoms with van der Waals surface area (Å²) in [7, 11) is 1.42. The van der Waals surface area contributed by atoms with Crippen molar-refractivity contribution in [1.29, 1.82) is 0 Å². The number of carbonyl (C=O) groups excluding carboxylic acids is 1. The number of methoxy groups -OCH3 is 1. The Morgan fingerprint density at radius 2 is 2.00 bits per heavy atom. The summed E-state index contributed by atoms with van der Waals surface area (Å²) in [4.78, 5) is 16.1. The Morgan fingerprint density at radius 3 is 2.58 bits per heavy atom. The first-order valence-corrected chi connectivity index (χ1v) is 5.14. The molecule has 1 aromatic carbocycles. The minimum Gasteiger partial charge on any atom is -0.382 e. The van der Waals surface area contributed by atoms with E-state index in [-0.39, 0.29) is 18.8 Å². The largest absolute Gasteiger partial charge is 0.419 e. The lowest BCUT2D eigenvalue weighted by Gasteiger charge is -2.10. The Labute approximate surface area is 106 Å². The van der Waals surface area contributed by atoms with Crippen molar-refractivity contribution in [2.45, 2.75) is 6.18 Å². The van der Waals surface area contributed by atoms with Crippen LogP contribution in [0.25, 0.3) is 0 Å². The van der Waals surface area contributed by atoms with Gasteiger partial charge in [0, 0.05) is 12.7 Å². The molecule has 0 heterocycles. The van der Waals surface area contributed by atoms with Crippen molar-refractivity contribution < 1.29 is 31.9 Å². The van der Waals surface area contributed by atoms with Crippen LogP contribution in [0, 0.1) is 5.82 Å². The van der Waals surface area contributed by atoms with Gasteiger partial charge in [0.2, 0.25) is 0 Å². The predicted molar refractivity (Wildman–Crippen MR) is 56.7 cm³/mol. The SMILES string of the molecule is COCCONC(=O)c1ccc(F)c(C(F)(F)F)c1. The molecule has 8 heteroatoms. The zero-order chi connectivity index (χ0) is 14.5. The molecular weight excluding hydrogens is 270 g/mol. The van der Waals surface area contributed by atoms with Crippen molar-refractivity contribution in [1.82, 2.24) is 5.48 Å². The molecule has 0 saturated heterocycles. The second kappa shape index (κ2) is 6.48. The van der Waals surface area contributed by atoms with Gasteiger partial charge >= 0.3 is 6.18 Å². The number of halogens is 4. The minimum atomic E-state index is -4.86. The van der Waals surface area contributed by atoms with E-state index in [1.165, 1.54) is 7.11 Å². The number of rotatable bonds is 5. The van der Waals surface area contributed by atoms with E-state index in [4.69, 9.17) is 0 Å². The van der Waals surface area contributed by atoms with Gasteiger partial charge in [-0.3, -0.25) is 9.63 Å². The van der Waals surface area contributed by atoms with Crippen molar-refractivity contribution in [3.63, 3.8) is 0 Å². The summed E-state index contributed by atoms with van der Waals surface area (Å²) in [6, 6.07) is 1.93. The number of hydroxylamine groups is 1. The molecule has 0 unspecified atom stereocenters. The van der Waals surface area contributed by atoms with Crippen molar-refractivity contribution in [2.24, 2.45) is 0 Å². The molecule has 19 heavy (non-hydrogen) atoms. The van der Waals surface area contributed by atoms with Crippen molar-refractivity contribution in [2.75, 3.05) is 20.3 Å². The third kappa shape index (κ3) is 4.49. The molecule has 0 aliphatic rings. The van der Waals surface area contributed by atoms with Gasteiger partial charge in [0.1, 0.15) is 5.82 Å². The average Bonchev–Trinajstić information content (AvgIpc) is 2.33. The fourth-order valence-corrected chi connectivity index (χ4v) is 1.18. The van der Waals surface area contributed by atoms with Crippen LogP contribution in [0.5, 0.6) is 0 Å². The first-order chi connectivity index (χ1) is 8.86. The number of ether oxygens (including phenoxy) is 1. The summed E-state index contributed by atoms with van der Waals surface area (Å²) in [5.74, 6) is -2.34. The number of alkyl halides is 3. The Kier molecular flexibility index (Phi) is 5.25. The van der Waals surface area contributed by atoms with Gasteiger partial charge in [-0.2, -0.15) is 13.2 Å². The van der Waals surface area contributed by atoms with E-state index in [1.807, 2.05) is 5.48 Å². The third-order valence-corrected chi connectivity index (χ3v) is 2.09. The maximum atomic E-state index is 13.0. The molecular formula is C11H11F4NO3. The highest BCUT2D eigenvalue weighted by atomic mass is 19.4. The van der Waals surface area contributed by atoms with Gasteiger partial charge in [0.05, 0.1) is 18.8 Å². The van der Waals surface area contributed by atoms with E-state index < -0.39 is 23.5 Å². The molecule has 0 aliphatic carbocycles. The monoisotopic (exact) mass is 281 g/mol. The zero-order valence-electron chi connectivity index (χ0n) is 9.88. The maximum Gasteiger partial charge on any atom is 0.419 e.